The Morgan fingerprint density at radius 2 is 2.06 bits per heavy atom. The van der Waals surface area contributed by atoms with E-state index in [0.29, 0.717) is 38.3 Å². The summed E-state index contributed by atoms with van der Waals surface area (Å²) < 4.78 is 15.6. The number of halogens is 1. The van der Waals surface area contributed by atoms with Crippen LogP contribution in [0.5, 0.6) is 6.01 Å². The first-order chi connectivity index (χ1) is 8.77. The summed E-state index contributed by atoms with van der Waals surface area (Å²) in [6, 6.07) is 0.387. The molecule has 0 aliphatic rings. The number of aromatic nitrogens is 2. The van der Waals surface area contributed by atoms with Gasteiger partial charge in [-0.3, -0.25) is 0 Å². The Morgan fingerprint density at radius 3 is 2.72 bits per heavy atom. The average Bonchev–Trinajstić information content (AvgIpc) is 2.38. The first-order valence-corrected chi connectivity index (χ1v) is 6.39. The highest BCUT2D eigenvalue weighted by molar-refractivity contribution is 6.17. The predicted octanol–water partition coefficient (Wildman–Crippen LogP) is 1.96. The molecule has 102 valence electrons. The third-order valence-corrected chi connectivity index (χ3v) is 2.59. The third kappa shape index (κ3) is 5.62. The molecule has 1 rings (SSSR count). The van der Waals surface area contributed by atoms with Crippen molar-refractivity contribution in [1.82, 2.24) is 9.97 Å². The van der Waals surface area contributed by atoms with Crippen LogP contribution in [0.15, 0.2) is 6.20 Å². The number of hydrogen-bond acceptors (Lipinski definition) is 5. The molecule has 0 saturated heterocycles. The Labute approximate surface area is 112 Å². The normalized spacial score (nSPS) is 10.6. The van der Waals surface area contributed by atoms with E-state index in [1.54, 1.807) is 13.3 Å². The average molecular weight is 275 g/mol. The fourth-order valence-corrected chi connectivity index (χ4v) is 1.50. The van der Waals surface area contributed by atoms with Gasteiger partial charge in [-0.15, -0.1) is 11.6 Å². The van der Waals surface area contributed by atoms with Gasteiger partial charge < -0.3 is 14.2 Å². The second kappa shape index (κ2) is 9.08. The van der Waals surface area contributed by atoms with Crippen LogP contribution in [-0.2, 0) is 15.4 Å². The van der Waals surface area contributed by atoms with Crippen molar-refractivity contribution in [3.8, 4) is 6.01 Å². The summed E-state index contributed by atoms with van der Waals surface area (Å²) in [6.07, 6.45) is 2.49. The Balaban J connectivity index is 2.17. The summed E-state index contributed by atoms with van der Waals surface area (Å²) in [7, 11) is 1.65. The standard InChI is InChI=1S/C12H19ClN2O3/c1-10-11(8-13)9-14-12(15-10)18-5-3-4-17-7-6-16-2/h9H,3-8H2,1-2H3. The number of nitrogens with zero attached hydrogens (tertiary/aromatic N) is 2. The Morgan fingerprint density at radius 1 is 1.22 bits per heavy atom. The first-order valence-electron chi connectivity index (χ1n) is 5.86. The van der Waals surface area contributed by atoms with Crippen LogP contribution in [0.1, 0.15) is 17.7 Å². The second-order valence-corrected chi connectivity index (χ2v) is 3.97. The fraction of sp³-hybridized carbons (Fsp3) is 0.667. The van der Waals surface area contributed by atoms with E-state index >= 15 is 0 Å². The summed E-state index contributed by atoms with van der Waals surface area (Å²) in [5, 5.41) is 0. The van der Waals surface area contributed by atoms with E-state index in [2.05, 4.69) is 9.97 Å². The molecule has 0 N–H and O–H groups in total. The fourth-order valence-electron chi connectivity index (χ4n) is 1.24. The van der Waals surface area contributed by atoms with Crippen LogP contribution in [0.4, 0.5) is 0 Å². The minimum absolute atomic E-state index is 0.387. The molecule has 5 nitrogen and oxygen atoms in total. The van der Waals surface area contributed by atoms with Crippen molar-refractivity contribution in [2.24, 2.45) is 0 Å². The lowest BCUT2D eigenvalue weighted by Crippen LogP contribution is -2.08. The van der Waals surface area contributed by atoms with E-state index in [4.69, 9.17) is 25.8 Å². The van der Waals surface area contributed by atoms with Crippen molar-refractivity contribution in [2.75, 3.05) is 33.5 Å². The van der Waals surface area contributed by atoms with Gasteiger partial charge in [-0.1, -0.05) is 0 Å². The molecule has 1 heterocycles. The number of aryl methyl sites for hydroxylation is 1. The highest BCUT2D eigenvalue weighted by Gasteiger charge is 2.03. The number of hydrogen-bond donors (Lipinski definition) is 0. The first kappa shape index (κ1) is 15.1. The smallest absolute Gasteiger partial charge is 0.316 e. The van der Waals surface area contributed by atoms with E-state index in [1.807, 2.05) is 6.92 Å². The molecule has 1 aromatic rings. The molecule has 0 atom stereocenters. The van der Waals surface area contributed by atoms with E-state index in [-0.39, 0.29) is 0 Å². The quantitative estimate of drug-likeness (QED) is 0.509. The zero-order chi connectivity index (χ0) is 13.2. The molecule has 18 heavy (non-hydrogen) atoms. The van der Waals surface area contributed by atoms with Crippen LogP contribution in [0.3, 0.4) is 0 Å². The highest BCUT2D eigenvalue weighted by atomic mass is 35.5. The van der Waals surface area contributed by atoms with Gasteiger partial charge in [0.1, 0.15) is 0 Å². The van der Waals surface area contributed by atoms with Gasteiger partial charge in [0.25, 0.3) is 0 Å². The summed E-state index contributed by atoms with van der Waals surface area (Å²) in [5.74, 6) is 0.416. The summed E-state index contributed by atoms with van der Waals surface area (Å²) in [6.45, 7) is 4.29. The molecule has 0 aliphatic carbocycles. The van der Waals surface area contributed by atoms with Gasteiger partial charge in [0.05, 0.1) is 25.7 Å². The van der Waals surface area contributed by atoms with Gasteiger partial charge in [-0.25, -0.2) is 9.97 Å². The lowest BCUT2D eigenvalue weighted by Gasteiger charge is -2.07. The summed E-state index contributed by atoms with van der Waals surface area (Å²) >= 11 is 5.72. The minimum atomic E-state index is 0.387. The van der Waals surface area contributed by atoms with Crippen molar-refractivity contribution < 1.29 is 14.2 Å². The molecule has 0 radical (unpaired) electrons. The molecule has 6 heteroatoms. The van der Waals surface area contributed by atoms with Gasteiger partial charge in [-0.2, -0.15) is 0 Å². The van der Waals surface area contributed by atoms with Crippen molar-refractivity contribution in [3.05, 3.63) is 17.5 Å². The van der Waals surface area contributed by atoms with Gasteiger partial charge >= 0.3 is 6.01 Å². The van der Waals surface area contributed by atoms with Crippen molar-refractivity contribution >= 4 is 11.6 Å². The zero-order valence-electron chi connectivity index (χ0n) is 10.8. The van der Waals surface area contributed by atoms with E-state index in [9.17, 15) is 0 Å². The van der Waals surface area contributed by atoms with E-state index < -0.39 is 0 Å². The van der Waals surface area contributed by atoms with E-state index in [1.165, 1.54) is 0 Å². The molecule has 0 aliphatic heterocycles. The van der Waals surface area contributed by atoms with Crippen LogP contribution >= 0.6 is 11.6 Å². The number of ether oxygens (including phenoxy) is 3. The number of methoxy groups -OCH3 is 1. The Bertz CT molecular complexity index is 350. The molecule has 1 aromatic heterocycles. The van der Waals surface area contributed by atoms with Gasteiger partial charge in [0, 0.05) is 37.6 Å². The molecule has 0 saturated carbocycles. The van der Waals surface area contributed by atoms with Gasteiger partial charge in [0.15, 0.2) is 0 Å². The highest BCUT2D eigenvalue weighted by Crippen LogP contribution is 2.10. The van der Waals surface area contributed by atoms with Crippen molar-refractivity contribution in [3.63, 3.8) is 0 Å². The van der Waals surface area contributed by atoms with Crippen molar-refractivity contribution in [2.45, 2.75) is 19.2 Å². The van der Waals surface area contributed by atoms with Crippen LogP contribution in [0.25, 0.3) is 0 Å². The molecule has 0 bridgehead atoms. The number of alkyl halides is 1. The summed E-state index contributed by atoms with van der Waals surface area (Å²) in [4.78, 5) is 8.29. The third-order valence-electron chi connectivity index (χ3n) is 2.30. The number of rotatable bonds is 9. The SMILES string of the molecule is COCCOCCCOc1ncc(CCl)c(C)n1. The largest absolute Gasteiger partial charge is 0.463 e. The molecular weight excluding hydrogens is 256 g/mol. The molecular formula is C12H19ClN2O3. The molecule has 0 spiro atoms. The van der Waals surface area contributed by atoms with Crippen LogP contribution < -0.4 is 4.74 Å². The van der Waals surface area contributed by atoms with Crippen LogP contribution in [-0.4, -0.2) is 43.5 Å². The monoisotopic (exact) mass is 274 g/mol. The van der Waals surface area contributed by atoms with Crippen molar-refractivity contribution in [1.29, 1.82) is 0 Å². The molecule has 0 fully saturated rings. The zero-order valence-corrected chi connectivity index (χ0v) is 11.6. The van der Waals surface area contributed by atoms with Crippen LogP contribution in [0, 0.1) is 6.92 Å². The molecule has 0 amide bonds. The van der Waals surface area contributed by atoms with Gasteiger partial charge in [-0.05, 0) is 6.92 Å². The Hall–Kier alpha value is -0.910. The van der Waals surface area contributed by atoms with Gasteiger partial charge in [0.2, 0.25) is 0 Å². The maximum absolute atomic E-state index is 5.72. The molecule has 0 unspecified atom stereocenters. The van der Waals surface area contributed by atoms with E-state index in [0.717, 1.165) is 17.7 Å². The predicted molar refractivity (Wildman–Crippen MR) is 69.1 cm³/mol. The Kier molecular flexibility index (Phi) is 7.64. The maximum atomic E-state index is 5.72. The summed E-state index contributed by atoms with van der Waals surface area (Å²) in [5.41, 5.74) is 1.78. The minimum Gasteiger partial charge on any atom is -0.463 e. The second-order valence-electron chi connectivity index (χ2n) is 3.70. The van der Waals surface area contributed by atoms with Crippen LogP contribution in [0.2, 0.25) is 0 Å². The molecule has 0 aromatic carbocycles. The lowest BCUT2D eigenvalue weighted by atomic mass is 10.3. The topological polar surface area (TPSA) is 53.5 Å². The maximum Gasteiger partial charge on any atom is 0.316 e. The lowest BCUT2D eigenvalue weighted by molar-refractivity contribution is 0.0639.